The van der Waals surface area contributed by atoms with Gasteiger partial charge in [-0.2, -0.15) is 0 Å². The molecule has 2 atom stereocenters. The summed E-state index contributed by atoms with van der Waals surface area (Å²) in [6.45, 7) is 1.04. The first-order chi connectivity index (χ1) is 9.27. The van der Waals surface area contributed by atoms with Gasteiger partial charge in [0.25, 0.3) is 0 Å². The Hall–Kier alpha value is 0.110. The molecule has 1 N–H and O–H groups in total. The molecule has 0 aromatic carbocycles. The number of halogens is 2. The van der Waals surface area contributed by atoms with E-state index < -0.39 is 16.1 Å². The van der Waals surface area contributed by atoms with E-state index in [1.807, 2.05) is 0 Å². The fourth-order valence-corrected chi connectivity index (χ4v) is 4.03. The fraction of sp³-hybridized carbons (Fsp3) is 0.667. The number of sulfonamides is 1. The first-order valence-corrected chi connectivity index (χ1v) is 9.78. The Balaban J connectivity index is 1.99. The third-order valence-electron chi connectivity index (χ3n) is 3.50. The van der Waals surface area contributed by atoms with Crippen LogP contribution in [-0.4, -0.2) is 37.2 Å². The quantitative estimate of drug-likeness (QED) is 0.797. The summed E-state index contributed by atoms with van der Waals surface area (Å²) < 4.78 is 31.3. The summed E-state index contributed by atoms with van der Waals surface area (Å²) in [5, 5.41) is 10.2. The molecule has 0 spiro atoms. The van der Waals surface area contributed by atoms with Crippen molar-refractivity contribution < 1.29 is 17.9 Å². The number of furan rings is 1. The smallest absolute Gasteiger partial charge is 0.211 e. The molecule has 2 heterocycles. The molecular weight excluding hydrogens is 414 g/mol. The van der Waals surface area contributed by atoms with Crippen molar-refractivity contribution in [1.29, 1.82) is 0 Å². The van der Waals surface area contributed by atoms with Gasteiger partial charge in [-0.05, 0) is 63.1 Å². The Kier molecular flexibility index (Phi) is 5.34. The van der Waals surface area contributed by atoms with Gasteiger partial charge in [0, 0.05) is 13.1 Å². The number of piperidine rings is 1. The van der Waals surface area contributed by atoms with E-state index in [4.69, 9.17) is 4.42 Å². The summed E-state index contributed by atoms with van der Waals surface area (Å²) in [5.41, 5.74) is 0. The Morgan fingerprint density at radius 3 is 2.80 bits per heavy atom. The normalized spacial score (nSPS) is 22.9. The third kappa shape index (κ3) is 4.07. The van der Waals surface area contributed by atoms with Gasteiger partial charge in [-0.1, -0.05) is 0 Å². The minimum Gasteiger partial charge on any atom is -0.450 e. The number of hydrogen-bond donors (Lipinski definition) is 1. The number of aliphatic hydroxyl groups is 1. The van der Waals surface area contributed by atoms with E-state index in [0.717, 1.165) is 17.3 Å². The van der Waals surface area contributed by atoms with Crippen LogP contribution < -0.4 is 0 Å². The summed E-state index contributed by atoms with van der Waals surface area (Å²) in [5.74, 6) is 0.636. The maximum Gasteiger partial charge on any atom is 0.211 e. The Bertz CT molecular complexity index is 553. The second kappa shape index (κ2) is 6.48. The fourth-order valence-electron chi connectivity index (χ4n) is 2.48. The zero-order chi connectivity index (χ0) is 14.9. The Morgan fingerprint density at radius 2 is 2.25 bits per heavy atom. The molecule has 2 rings (SSSR count). The number of rotatable bonds is 4. The minimum atomic E-state index is -3.15. The molecule has 114 valence electrons. The van der Waals surface area contributed by atoms with Crippen LogP contribution in [0.3, 0.4) is 0 Å². The highest BCUT2D eigenvalue weighted by atomic mass is 79.9. The Labute approximate surface area is 135 Å². The lowest BCUT2D eigenvalue weighted by Gasteiger charge is -2.31. The molecule has 1 aromatic rings. The average molecular weight is 431 g/mol. The van der Waals surface area contributed by atoms with Crippen LogP contribution in [0.5, 0.6) is 0 Å². The minimum absolute atomic E-state index is 0.149. The molecule has 1 aliphatic heterocycles. The van der Waals surface area contributed by atoms with E-state index >= 15 is 0 Å². The van der Waals surface area contributed by atoms with Crippen molar-refractivity contribution >= 4 is 41.9 Å². The van der Waals surface area contributed by atoms with Crippen LogP contribution in [0.2, 0.25) is 0 Å². The van der Waals surface area contributed by atoms with E-state index in [9.17, 15) is 13.5 Å². The molecule has 5 nitrogen and oxygen atoms in total. The standard InChI is InChI=1S/C12H17Br2NO4S/c1-20(17,18)15-4-2-3-8(7-15)5-10(16)11-6-9(13)12(14)19-11/h6,8,10,16H,2-5,7H2,1H3. The van der Waals surface area contributed by atoms with E-state index in [-0.39, 0.29) is 5.92 Å². The molecule has 1 fully saturated rings. The zero-order valence-corrected chi connectivity index (χ0v) is 15.0. The van der Waals surface area contributed by atoms with Crippen molar-refractivity contribution in [3.63, 3.8) is 0 Å². The number of nitrogens with zero attached hydrogens (tertiary/aromatic N) is 1. The summed E-state index contributed by atoms with van der Waals surface area (Å²) >= 11 is 6.54. The molecule has 1 saturated heterocycles. The van der Waals surface area contributed by atoms with Crippen LogP contribution >= 0.6 is 31.9 Å². The van der Waals surface area contributed by atoms with Crippen molar-refractivity contribution in [1.82, 2.24) is 4.31 Å². The highest BCUT2D eigenvalue weighted by Crippen LogP contribution is 2.34. The number of aliphatic hydroxyl groups excluding tert-OH is 1. The van der Waals surface area contributed by atoms with Crippen molar-refractivity contribution in [3.8, 4) is 0 Å². The van der Waals surface area contributed by atoms with Crippen LogP contribution in [0.4, 0.5) is 0 Å². The molecule has 1 aliphatic rings. The van der Waals surface area contributed by atoms with Gasteiger partial charge in [0.2, 0.25) is 10.0 Å². The van der Waals surface area contributed by atoms with Crippen LogP contribution in [0.1, 0.15) is 31.1 Å². The third-order valence-corrected chi connectivity index (χ3v) is 6.48. The first-order valence-electron chi connectivity index (χ1n) is 6.35. The maximum atomic E-state index is 11.6. The SMILES string of the molecule is CS(=O)(=O)N1CCCC(CC(O)c2cc(Br)c(Br)o2)C1. The largest absolute Gasteiger partial charge is 0.450 e. The summed E-state index contributed by atoms with van der Waals surface area (Å²) in [4.78, 5) is 0. The predicted octanol–water partition coefficient (Wildman–Crippen LogP) is 2.90. The van der Waals surface area contributed by atoms with Gasteiger partial charge in [-0.15, -0.1) is 0 Å². The molecule has 1 aromatic heterocycles. The van der Waals surface area contributed by atoms with E-state index in [2.05, 4.69) is 31.9 Å². The van der Waals surface area contributed by atoms with Gasteiger partial charge in [0.05, 0.1) is 10.7 Å². The van der Waals surface area contributed by atoms with Crippen LogP contribution in [0.25, 0.3) is 0 Å². The monoisotopic (exact) mass is 429 g/mol. The lowest BCUT2D eigenvalue weighted by atomic mass is 9.93. The molecule has 2 unspecified atom stereocenters. The lowest BCUT2D eigenvalue weighted by Crippen LogP contribution is -2.39. The average Bonchev–Trinajstić information content (AvgIpc) is 2.69. The van der Waals surface area contributed by atoms with E-state index in [1.54, 1.807) is 6.07 Å². The van der Waals surface area contributed by atoms with Crippen molar-refractivity contribution in [3.05, 3.63) is 21.0 Å². The predicted molar refractivity (Wildman–Crippen MR) is 82.8 cm³/mol. The molecule has 0 radical (unpaired) electrons. The van der Waals surface area contributed by atoms with E-state index in [1.165, 1.54) is 10.6 Å². The molecule has 0 bridgehead atoms. The van der Waals surface area contributed by atoms with E-state index in [0.29, 0.717) is 29.9 Å². The molecule has 0 saturated carbocycles. The van der Waals surface area contributed by atoms with Crippen LogP contribution in [0, 0.1) is 5.92 Å². The summed E-state index contributed by atoms with van der Waals surface area (Å²) in [6, 6.07) is 1.73. The maximum absolute atomic E-state index is 11.6. The molecular formula is C12H17Br2NO4S. The van der Waals surface area contributed by atoms with Gasteiger partial charge in [-0.3, -0.25) is 0 Å². The van der Waals surface area contributed by atoms with Crippen molar-refractivity contribution in [2.75, 3.05) is 19.3 Å². The van der Waals surface area contributed by atoms with Crippen LogP contribution in [0.15, 0.2) is 19.6 Å². The van der Waals surface area contributed by atoms with Gasteiger partial charge < -0.3 is 9.52 Å². The van der Waals surface area contributed by atoms with Gasteiger partial charge >= 0.3 is 0 Å². The highest BCUT2D eigenvalue weighted by molar-refractivity contribution is 9.13. The lowest BCUT2D eigenvalue weighted by molar-refractivity contribution is 0.102. The molecule has 0 amide bonds. The Morgan fingerprint density at radius 1 is 1.55 bits per heavy atom. The summed E-state index contributed by atoms with van der Waals surface area (Å²) in [6.07, 6.45) is 2.76. The second-order valence-corrected chi connectivity index (χ2v) is 8.71. The summed E-state index contributed by atoms with van der Waals surface area (Å²) in [7, 11) is -3.15. The molecule has 0 aliphatic carbocycles. The molecule has 8 heteroatoms. The van der Waals surface area contributed by atoms with Gasteiger partial charge in [0.1, 0.15) is 11.9 Å². The first kappa shape index (κ1) is 16.5. The molecule has 20 heavy (non-hydrogen) atoms. The zero-order valence-electron chi connectivity index (χ0n) is 11.1. The topological polar surface area (TPSA) is 70.8 Å². The second-order valence-electron chi connectivity index (χ2n) is 5.15. The number of hydrogen-bond acceptors (Lipinski definition) is 4. The van der Waals surface area contributed by atoms with Crippen molar-refractivity contribution in [2.45, 2.75) is 25.4 Å². The van der Waals surface area contributed by atoms with Gasteiger partial charge in [0.15, 0.2) is 4.67 Å². The van der Waals surface area contributed by atoms with Crippen molar-refractivity contribution in [2.24, 2.45) is 5.92 Å². The van der Waals surface area contributed by atoms with Gasteiger partial charge in [-0.25, -0.2) is 12.7 Å². The van der Waals surface area contributed by atoms with Crippen LogP contribution in [-0.2, 0) is 10.0 Å². The highest BCUT2D eigenvalue weighted by Gasteiger charge is 2.28.